The summed E-state index contributed by atoms with van der Waals surface area (Å²) in [6.07, 6.45) is 4.71. The monoisotopic (exact) mass is 285 g/mol. The molecule has 2 aromatic heterocycles. The van der Waals surface area contributed by atoms with Gasteiger partial charge in [0, 0.05) is 24.2 Å². The molecule has 21 heavy (non-hydrogen) atoms. The molecule has 0 bridgehead atoms. The molecule has 0 saturated carbocycles. The van der Waals surface area contributed by atoms with Crippen LogP contribution in [0.2, 0.25) is 0 Å². The minimum Gasteiger partial charge on any atom is -0.409 e. The van der Waals surface area contributed by atoms with E-state index in [2.05, 4.69) is 20.4 Å². The van der Waals surface area contributed by atoms with Crippen LogP contribution in [0.1, 0.15) is 34.6 Å². The molecule has 1 atom stereocenters. The van der Waals surface area contributed by atoms with Crippen molar-refractivity contribution in [3.63, 3.8) is 0 Å². The average Bonchev–Trinajstić information content (AvgIpc) is 2.55. The molecule has 7 heteroatoms. The first-order chi connectivity index (χ1) is 10.1. The molecule has 0 aliphatic carbocycles. The van der Waals surface area contributed by atoms with Crippen molar-refractivity contribution in [3.05, 3.63) is 59.7 Å². The van der Waals surface area contributed by atoms with E-state index in [4.69, 9.17) is 10.9 Å². The minimum atomic E-state index is -0.301. The molecule has 0 aliphatic rings. The van der Waals surface area contributed by atoms with Gasteiger partial charge in [-0.1, -0.05) is 5.16 Å². The molecule has 0 aliphatic heterocycles. The van der Waals surface area contributed by atoms with Gasteiger partial charge >= 0.3 is 0 Å². The average molecular weight is 285 g/mol. The molecule has 2 rings (SSSR count). The van der Waals surface area contributed by atoms with Crippen molar-refractivity contribution in [2.75, 3.05) is 0 Å². The maximum Gasteiger partial charge on any atom is 0.270 e. The Labute approximate surface area is 121 Å². The summed E-state index contributed by atoms with van der Waals surface area (Å²) >= 11 is 0. The summed E-state index contributed by atoms with van der Waals surface area (Å²) in [5, 5.41) is 14.3. The highest BCUT2D eigenvalue weighted by Gasteiger charge is 2.12. The molecule has 1 unspecified atom stereocenters. The summed E-state index contributed by atoms with van der Waals surface area (Å²) < 4.78 is 0. The van der Waals surface area contributed by atoms with Crippen molar-refractivity contribution in [3.8, 4) is 0 Å². The van der Waals surface area contributed by atoms with Crippen molar-refractivity contribution in [2.45, 2.75) is 13.0 Å². The predicted octanol–water partition coefficient (Wildman–Crippen LogP) is 1.06. The van der Waals surface area contributed by atoms with Crippen molar-refractivity contribution in [2.24, 2.45) is 10.9 Å². The van der Waals surface area contributed by atoms with Crippen molar-refractivity contribution in [1.29, 1.82) is 0 Å². The summed E-state index contributed by atoms with van der Waals surface area (Å²) in [4.78, 5) is 20.0. The summed E-state index contributed by atoms with van der Waals surface area (Å²) in [6.45, 7) is 1.87. The molecule has 2 aromatic rings. The quantitative estimate of drug-likeness (QED) is 0.336. The summed E-state index contributed by atoms with van der Waals surface area (Å²) in [5.74, 6) is -0.356. The number of amides is 1. The van der Waals surface area contributed by atoms with Crippen LogP contribution in [-0.4, -0.2) is 26.9 Å². The SMILES string of the molecule is CC(NC(=O)c1ccc(C(N)=NO)cn1)c1ccncc1. The third kappa shape index (κ3) is 3.53. The van der Waals surface area contributed by atoms with Gasteiger partial charge in [-0.3, -0.25) is 14.8 Å². The molecule has 0 spiro atoms. The molecular weight excluding hydrogens is 270 g/mol. The normalized spacial score (nSPS) is 12.7. The van der Waals surface area contributed by atoms with Crippen LogP contribution in [0, 0.1) is 0 Å². The molecule has 0 aromatic carbocycles. The number of aromatic nitrogens is 2. The largest absolute Gasteiger partial charge is 0.409 e. The van der Waals surface area contributed by atoms with Gasteiger partial charge in [-0.25, -0.2) is 0 Å². The maximum atomic E-state index is 12.1. The van der Waals surface area contributed by atoms with Crippen LogP contribution in [-0.2, 0) is 0 Å². The number of hydrogen-bond acceptors (Lipinski definition) is 5. The van der Waals surface area contributed by atoms with Gasteiger partial charge < -0.3 is 16.3 Å². The van der Waals surface area contributed by atoms with Crippen LogP contribution in [0.4, 0.5) is 0 Å². The highest BCUT2D eigenvalue weighted by atomic mass is 16.4. The van der Waals surface area contributed by atoms with Gasteiger partial charge in [0.2, 0.25) is 0 Å². The predicted molar refractivity (Wildman–Crippen MR) is 76.9 cm³/mol. The van der Waals surface area contributed by atoms with Gasteiger partial charge in [0.15, 0.2) is 5.84 Å². The third-order valence-corrected chi connectivity index (χ3v) is 2.95. The third-order valence-electron chi connectivity index (χ3n) is 2.95. The number of carbonyl (C=O) groups excluding carboxylic acids is 1. The second kappa shape index (κ2) is 6.47. The lowest BCUT2D eigenvalue weighted by Gasteiger charge is -2.13. The number of nitrogens with zero attached hydrogens (tertiary/aromatic N) is 3. The van der Waals surface area contributed by atoms with Crippen LogP contribution >= 0.6 is 0 Å². The second-order valence-corrected chi connectivity index (χ2v) is 4.39. The number of hydrogen-bond donors (Lipinski definition) is 3. The number of nitrogens with one attached hydrogen (secondary N) is 1. The number of amidine groups is 1. The number of rotatable bonds is 4. The van der Waals surface area contributed by atoms with Crippen LogP contribution in [0.3, 0.4) is 0 Å². The van der Waals surface area contributed by atoms with Crippen LogP contribution in [0.25, 0.3) is 0 Å². The molecule has 1 amide bonds. The number of pyridine rings is 2. The summed E-state index contributed by atoms with van der Waals surface area (Å²) in [5.41, 5.74) is 7.08. The zero-order valence-corrected chi connectivity index (χ0v) is 11.4. The van der Waals surface area contributed by atoms with Gasteiger partial charge in [0.25, 0.3) is 5.91 Å². The fraction of sp³-hybridized carbons (Fsp3) is 0.143. The number of oxime groups is 1. The van der Waals surface area contributed by atoms with E-state index in [9.17, 15) is 4.79 Å². The van der Waals surface area contributed by atoms with Gasteiger partial charge in [-0.05, 0) is 36.8 Å². The molecule has 4 N–H and O–H groups in total. The molecule has 2 heterocycles. The topological polar surface area (TPSA) is 113 Å². The molecule has 7 nitrogen and oxygen atoms in total. The lowest BCUT2D eigenvalue weighted by atomic mass is 10.1. The Balaban J connectivity index is 2.07. The number of carbonyl (C=O) groups is 1. The number of nitrogens with two attached hydrogens (primary N) is 1. The van der Waals surface area contributed by atoms with E-state index in [1.165, 1.54) is 12.3 Å². The highest BCUT2D eigenvalue weighted by Crippen LogP contribution is 2.11. The van der Waals surface area contributed by atoms with Crippen molar-refractivity contribution < 1.29 is 10.0 Å². The first kappa shape index (κ1) is 14.4. The van der Waals surface area contributed by atoms with Crippen molar-refractivity contribution >= 4 is 11.7 Å². The molecule has 108 valence electrons. The van der Waals surface area contributed by atoms with E-state index in [-0.39, 0.29) is 23.5 Å². The first-order valence-electron chi connectivity index (χ1n) is 6.26. The Morgan fingerprint density at radius 2 is 2.05 bits per heavy atom. The van der Waals surface area contributed by atoms with Crippen LogP contribution < -0.4 is 11.1 Å². The van der Waals surface area contributed by atoms with Gasteiger partial charge in [-0.2, -0.15) is 0 Å². The zero-order valence-electron chi connectivity index (χ0n) is 11.4. The molecule has 0 saturated heterocycles. The van der Waals surface area contributed by atoms with Crippen LogP contribution in [0.5, 0.6) is 0 Å². The van der Waals surface area contributed by atoms with E-state index in [0.717, 1.165) is 5.56 Å². The minimum absolute atomic E-state index is 0.0559. The lowest BCUT2D eigenvalue weighted by molar-refractivity contribution is 0.0935. The zero-order chi connectivity index (χ0) is 15.2. The molecular formula is C14H15N5O2. The smallest absolute Gasteiger partial charge is 0.270 e. The van der Waals surface area contributed by atoms with E-state index in [0.29, 0.717) is 5.56 Å². The standard InChI is InChI=1S/C14H15N5O2/c1-9(10-4-6-16-7-5-10)18-14(20)12-3-2-11(8-17-12)13(15)19-21/h2-9,21H,1H3,(H2,15,19)(H,18,20). The first-order valence-corrected chi connectivity index (χ1v) is 6.26. The fourth-order valence-corrected chi connectivity index (χ4v) is 1.74. The summed E-state index contributed by atoms with van der Waals surface area (Å²) in [7, 11) is 0. The lowest BCUT2D eigenvalue weighted by Crippen LogP contribution is -2.27. The second-order valence-electron chi connectivity index (χ2n) is 4.39. The molecule has 0 radical (unpaired) electrons. The Morgan fingerprint density at radius 1 is 1.33 bits per heavy atom. The van der Waals surface area contributed by atoms with E-state index in [1.807, 2.05) is 19.1 Å². The Kier molecular flexibility index (Phi) is 4.45. The van der Waals surface area contributed by atoms with Gasteiger partial charge in [0.1, 0.15) is 5.69 Å². The Hall–Kier alpha value is -2.96. The van der Waals surface area contributed by atoms with Gasteiger partial charge in [-0.15, -0.1) is 0 Å². The Bertz CT molecular complexity index is 640. The maximum absolute atomic E-state index is 12.1. The van der Waals surface area contributed by atoms with Crippen molar-refractivity contribution in [1.82, 2.24) is 15.3 Å². The highest BCUT2D eigenvalue weighted by molar-refractivity contribution is 5.98. The van der Waals surface area contributed by atoms with E-state index >= 15 is 0 Å². The van der Waals surface area contributed by atoms with Crippen LogP contribution in [0.15, 0.2) is 48.0 Å². The fourth-order valence-electron chi connectivity index (χ4n) is 1.74. The van der Waals surface area contributed by atoms with Gasteiger partial charge in [0.05, 0.1) is 6.04 Å². The van der Waals surface area contributed by atoms with E-state index < -0.39 is 0 Å². The van der Waals surface area contributed by atoms with E-state index in [1.54, 1.807) is 18.5 Å². The Morgan fingerprint density at radius 3 is 2.62 bits per heavy atom. The molecule has 0 fully saturated rings. The summed E-state index contributed by atoms with van der Waals surface area (Å²) in [6, 6.07) is 6.58.